The summed E-state index contributed by atoms with van der Waals surface area (Å²) in [6, 6.07) is 0.735. The molecule has 0 aromatic carbocycles. The van der Waals surface area contributed by atoms with E-state index < -0.39 is 0 Å². The molecule has 0 radical (unpaired) electrons. The van der Waals surface area contributed by atoms with Crippen molar-refractivity contribution in [2.24, 2.45) is 5.41 Å². The lowest BCUT2D eigenvalue weighted by molar-refractivity contribution is 0.139. The summed E-state index contributed by atoms with van der Waals surface area (Å²) in [7, 11) is 2.32. The van der Waals surface area contributed by atoms with E-state index in [4.69, 9.17) is 0 Å². The average molecular weight is 304 g/mol. The minimum Gasteiger partial charge on any atom is -0.303 e. The number of rotatable bonds is 6. The summed E-state index contributed by atoms with van der Waals surface area (Å²) < 4.78 is 0. The molecule has 1 rings (SSSR count). The molecule has 102 valence electrons. The highest BCUT2D eigenvalue weighted by Crippen LogP contribution is 2.37. The van der Waals surface area contributed by atoms with Gasteiger partial charge in [-0.15, -0.1) is 0 Å². The maximum Gasteiger partial charge on any atom is 0.0100 e. The van der Waals surface area contributed by atoms with E-state index in [1.165, 1.54) is 63.2 Å². The van der Waals surface area contributed by atoms with Crippen LogP contribution in [0.15, 0.2) is 0 Å². The molecule has 1 aliphatic carbocycles. The van der Waals surface area contributed by atoms with Gasteiger partial charge in [-0.05, 0) is 38.6 Å². The molecular formula is C15H30BrN. The normalized spacial score (nSPS) is 22.4. The van der Waals surface area contributed by atoms with Crippen molar-refractivity contribution >= 4 is 15.9 Å². The third kappa shape index (κ3) is 4.90. The maximum absolute atomic E-state index is 3.79. The van der Waals surface area contributed by atoms with Crippen molar-refractivity contribution in [1.29, 1.82) is 0 Å². The number of nitrogens with zero attached hydrogens (tertiary/aromatic N) is 1. The van der Waals surface area contributed by atoms with E-state index in [-0.39, 0.29) is 0 Å². The monoisotopic (exact) mass is 303 g/mol. The highest BCUT2D eigenvalue weighted by Gasteiger charge is 2.31. The van der Waals surface area contributed by atoms with Gasteiger partial charge in [0.15, 0.2) is 0 Å². The lowest BCUT2D eigenvalue weighted by Gasteiger charge is -2.37. The maximum atomic E-state index is 3.79. The molecule has 0 aromatic rings. The van der Waals surface area contributed by atoms with Crippen LogP contribution in [-0.4, -0.2) is 29.9 Å². The lowest BCUT2D eigenvalue weighted by atomic mass is 9.81. The van der Waals surface area contributed by atoms with Crippen LogP contribution in [0.4, 0.5) is 0 Å². The molecule has 0 spiro atoms. The molecule has 0 amide bonds. The fourth-order valence-electron chi connectivity index (χ4n) is 3.14. The predicted octanol–water partition coefficient (Wildman–Crippen LogP) is 4.84. The van der Waals surface area contributed by atoms with Gasteiger partial charge in [0.05, 0.1) is 0 Å². The molecule has 17 heavy (non-hydrogen) atoms. The Hall–Kier alpha value is 0.440. The molecule has 1 atom stereocenters. The van der Waals surface area contributed by atoms with Crippen LogP contribution in [0.1, 0.15) is 65.2 Å². The molecule has 0 bridgehead atoms. The Labute approximate surface area is 116 Å². The van der Waals surface area contributed by atoms with Gasteiger partial charge in [-0.1, -0.05) is 55.0 Å². The molecule has 1 unspecified atom stereocenters. The second-order valence-electron chi connectivity index (χ2n) is 6.10. The van der Waals surface area contributed by atoms with E-state index in [1.807, 2.05) is 0 Å². The second-order valence-corrected chi connectivity index (χ2v) is 6.66. The van der Waals surface area contributed by atoms with E-state index in [0.29, 0.717) is 5.41 Å². The average Bonchev–Trinajstić information content (AvgIpc) is 2.55. The van der Waals surface area contributed by atoms with Gasteiger partial charge in [0, 0.05) is 17.9 Å². The Morgan fingerprint density at radius 1 is 1.18 bits per heavy atom. The quantitative estimate of drug-likeness (QED) is 0.501. The summed E-state index contributed by atoms with van der Waals surface area (Å²) in [6.45, 7) is 5.94. The fraction of sp³-hybridized carbons (Fsp3) is 1.00. The zero-order valence-electron chi connectivity index (χ0n) is 12.0. The van der Waals surface area contributed by atoms with E-state index in [9.17, 15) is 0 Å². The number of alkyl halides is 1. The zero-order valence-corrected chi connectivity index (χ0v) is 13.6. The first-order chi connectivity index (χ1) is 8.13. The van der Waals surface area contributed by atoms with Gasteiger partial charge in [-0.2, -0.15) is 0 Å². The number of hydrogen-bond donors (Lipinski definition) is 0. The van der Waals surface area contributed by atoms with Crippen molar-refractivity contribution in [3.8, 4) is 0 Å². The van der Waals surface area contributed by atoms with Crippen LogP contribution in [0.5, 0.6) is 0 Å². The second kappa shape index (κ2) is 7.78. The summed E-state index contributed by atoms with van der Waals surface area (Å²) in [6.07, 6.45) is 11.2. The van der Waals surface area contributed by atoms with Gasteiger partial charge in [0.2, 0.25) is 0 Å². The smallest absolute Gasteiger partial charge is 0.0100 e. The first kappa shape index (κ1) is 15.5. The highest BCUT2D eigenvalue weighted by atomic mass is 79.9. The molecule has 2 heteroatoms. The number of halogens is 1. The first-order valence-corrected chi connectivity index (χ1v) is 8.52. The van der Waals surface area contributed by atoms with Crippen LogP contribution in [0.2, 0.25) is 0 Å². The molecule has 0 N–H and O–H groups in total. The summed E-state index contributed by atoms with van der Waals surface area (Å²) in [5, 5.41) is 1.18. The zero-order chi connectivity index (χ0) is 12.7. The largest absolute Gasteiger partial charge is 0.303 e. The molecular weight excluding hydrogens is 274 g/mol. The van der Waals surface area contributed by atoms with Gasteiger partial charge < -0.3 is 4.90 Å². The minimum absolute atomic E-state index is 0.549. The Bertz CT molecular complexity index is 197. The Kier molecular flexibility index (Phi) is 7.10. The summed E-state index contributed by atoms with van der Waals surface area (Å²) in [4.78, 5) is 2.59. The topological polar surface area (TPSA) is 3.24 Å². The van der Waals surface area contributed by atoms with Crippen molar-refractivity contribution in [3.05, 3.63) is 0 Å². The van der Waals surface area contributed by atoms with Crippen LogP contribution < -0.4 is 0 Å². The fourth-order valence-corrected chi connectivity index (χ4v) is 3.87. The molecule has 1 nitrogen and oxygen atoms in total. The van der Waals surface area contributed by atoms with E-state index in [1.54, 1.807) is 0 Å². The SMILES string of the molecule is CCCC(C)N(C)CC1(CBr)CCCCCC1. The van der Waals surface area contributed by atoms with Crippen LogP contribution >= 0.6 is 15.9 Å². The lowest BCUT2D eigenvalue weighted by Crippen LogP contribution is -2.41. The third-order valence-electron chi connectivity index (χ3n) is 4.49. The van der Waals surface area contributed by atoms with Crippen molar-refractivity contribution < 1.29 is 0 Å². The molecule has 0 saturated heterocycles. The molecule has 1 aliphatic rings. The molecule has 1 fully saturated rings. The van der Waals surface area contributed by atoms with E-state index >= 15 is 0 Å². The molecule has 0 aromatic heterocycles. The predicted molar refractivity (Wildman–Crippen MR) is 80.9 cm³/mol. The van der Waals surface area contributed by atoms with Crippen LogP contribution in [0.3, 0.4) is 0 Å². The van der Waals surface area contributed by atoms with Crippen LogP contribution in [0, 0.1) is 5.41 Å². The summed E-state index contributed by atoms with van der Waals surface area (Å²) in [5.74, 6) is 0. The first-order valence-electron chi connectivity index (χ1n) is 7.40. The van der Waals surface area contributed by atoms with Gasteiger partial charge >= 0.3 is 0 Å². The third-order valence-corrected chi connectivity index (χ3v) is 5.68. The summed E-state index contributed by atoms with van der Waals surface area (Å²) in [5.41, 5.74) is 0.549. The number of hydrogen-bond acceptors (Lipinski definition) is 1. The molecule has 1 saturated carbocycles. The van der Waals surface area contributed by atoms with Crippen LogP contribution in [0.25, 0.3) is 0 Å². The van der Waals surface area contributed by atoms with Crippen molar-refractivity contribution in [2.45, 2.75) is 71.3 Å². The summed E-state index contributed by atoms with van der Waals surface area (Å²) >= 11 is 3.79. The molecule has 0 aliphatic heterocycles. The Morgan fingerprint density at radius 2 is 1.76 bits per heavy atom. The van der Waals surface area contributed by atoms with Crippen LogP contribution in [-0.2, 0) is 0 Å². The Balaban J connectivity index is 2.54. The standard InChI is InChI=1S/C15H30BrN/c1-4-9-14(2)17(3)13-15(12-16)10-7-5-6-8-11-15/h14H,4-13H2,1-3H3. The molecule has 0 heterocycles. The highest BCUT2D eigenvalue weighted by molar-refractivity contribution is 9.09. The van der Waals surface area contributed by atoms with Crippen molar-refractivity contribution in [2.75, 3.05) is 18.9 Å². The van der Waals surface area contributed by atoms with E-state index in [2.05, 4.69) is 41.7 Å². The minimum atomic E-state index is 0.549. The van der Waals surface area contributed by atoms with Crippen molar-refractivity contribution in [3.63, 3.8) is 0 Å². The van der Waals surface area contributed by atoms with Gasteiger partial charge in [0.25, 0.3) is 0 Å². The van der Waals surface area contributed by atoms with E-state index in [0.717, 1.165) is 6.04 Å². The van der Waals surface area contributed by atoms with Gasteiger partial charge in [-0.3, -0.25) is 0 Å². The Morgan fingerprint density at radius 3 is 2.24 bits per heavy atom. The van der Waals surface area contributed by atoms with Crippen molar-refractivity contribution in [1.82, 2.24) is 4.90 Å². The van der Waals surface area contributed by atoms with Gasteiger partial charge in [-0.25, -0.2) is 0 Å². The van der Waals surface area contributed by atoms with Gasteiger partial charge in [0.1, 0.15) is 0 Å².